The van der Waals surface area contributed by atoms with E-state index in [1.54, 1.807) is 40.2 Å². The Morgan fingerprint density at radius 3 is 1.38 bits per heavy atom. The van der Waals surface area contributed by atoms with E-state index >= 15 is 0 Å². The van der Waals surface area contributed by atoms with Crippen molar-refractivity contribution in [2.24, 2.45) is 0 Å². The predicted octanol–water partition coefficient (Wildman–Crippen LogP) is 6.03. The zero-order valence-electron chi connectivity index (χ0n) is 19.6. The number of hydrogen-bond acceptors (Lipinski definition) is 6. The third-order valence-electron chi connectivity index (χ3n) is 5.68. The highest BCUT2D eigenvalue weighted by molar-refractivity contribution is 6.11. The zero-order chi connectivity index (χ0) is 24.2. The Morgan fingerprint density at radius 1 is 0.618 bits per heavy atom. The van der Waals surface area contributed by atoms with E-state index in [0.717, 1.165) is 32.7 Å². The summed E-state index contributed by atoms with van der Waals surface area (Å²) in [6.07, 6.45) is 0. The van der Waals surface area contributed by atoms with Gasteiger partial charge < -0.3 is 18.9 Å². The van der Waals surface area contributed by atoms with Crippen LogP contribution >= 0.6 is 0 Å². The van der Waals surface area contributed by atoms with Crippen LogP contribution in [0.5, 0.6) is 11.5 Å². The van der Waals surface area contributed by atoms with Gasteiger partial charge >= 0.3 is 11.9 Å². The molecule has 0 aliphatic heterocycles. The maximum absolute atomic E-state index is 12.3. The van der Waals surface area contributed by atoms with E-state index in [0.29, 0.717) is 35.8 Å². The summed E-state index contributed by atoms with van der Waals surface area (Å²) >= 11 is 0. The normalized spacial score (nSPS) is 10.8. The van der Waals surface area contributed by atoms with Crippen LogP contribution < -0.4 is 9.47 Å². The highest BCUT2D eigenvalue weighted by atomic mass is 16.5. The minimum Gasteiger partial charge on any atom is -0.496 e. The molecule has 0 amide bonds. The van der Waals surface area contributed by atoms with Gasteiger partial charge in [0.1, 0.15) is 11.5 Å². The molecular formula is C28H26O6. The molecule has 0 bridgehead atoms. The highest BCUT2D eigenvalue weighted by Gasteiger charge is 2.20. The van der Waals surface area contributed by atoms with E-state index in [4.69, 9.17) is 18.9 Å². The van der Waals surface area contributed by atoms with Crippen molar-refractivity contribution in [1.82, 2.24) is 0 Å². The molecule has 4 aromatic carbocycles. The number of methoxy groups -OCH3 is 2. The molecule has 0 aliphatic rings. The first-order valence-corrected chi connectivity index (χ1v) is 11.1. The molecule has 0 radical (unpaired) electrons. The van der Waals surface area contributed by atoms with Gasteiger partial charge in [-0.05, 0) is 71.8 Å². The van der Waals surface area contributed by atoms with Crippen LogP contribution in [0.2, 0.25) is 0 Å². The second kappa shape index (κ2) is 9.83. The Kier molecular flexibility index (Phi) is 6.68. The molecule has 4 aromatic rings. The lowest BCUT2D eigenvalue weighted by atomic mass is 9.91. The van der Waals surface area contributed by atoms with Gasteiger partial charge in [-0.1, -0.05) is 24.3 Å². The topological polar surface area (TPSA) is 71.1 Å². The maximum Gasteiger partial charge on any atom is 0.338 e. The Balaban J connectivity index is 1.99. The number of benzene rings is 4. The van der Waals surface area contributed by atoms with Gasteiger partial charge in [0.15, 0.2) is 0 Å². The number of rotatable bonds is 7. The highest BCUT2D eigenvalue weighted by Crippen LogP contribution is 2.45. The van der Waals surface area contributed by atoms with Gasteiger partial charge in [-0.2, -0.15) is 0 Å². The van der Waals surface area contributed by atoms with Crippen molar-refractivity contribution >= 4 is 33.5 Å². The average molecular weight is 459 g/mol. The summed E-state index contributed by atoms with van der Waals surface area (Å²) in [6, 6.07) is 18.5. The molecule has 6 nitrogen and oxygen atoms in total. The fourth-order valence-corrected chi connectivity index (χ4v) is 4.16. The summed E-state index contributed by atoms with van der Waals surface area (Å²) < 4.78 is 21.8. The second-order valence-electron chi connectivity index (χ2n) is 7.60. The summed E-state index contributed by atoms with van der Waals surface area (Å²) in [6.45, 7) is 4.18. The van der Waals surface area contributed by atoms with Crippen molar-refractivity contribution < 1.29 is 28.5 Å². The van der Waals surface area contributed by atoms with Gasteiger partial charge in [-0.3, -0.25) is 0 Å². The Hall–Kier alpha value is -4.06. The molecule has 0 spiro atoms. The maximum atomic E-state index is 12.3. The largest absolute Gasteiger partial charge is 0.496 e. The van der Waals surface area contributed by atoms with Gasteiger partial charge in [-0.15, -0.1) is 0 Å². The lowest BCUT2D eigenvalue weighted by molar-refractivity contribution is 0.0517. The Bertz CT molecular complexity index is 1280. The first-order valence-electron chi connectivity index (χ1n) is 11.1. The first-order chi connectivity index (χ1) is 16.5. The summed E-state index contributed by atoms with van der Waals surface area (Å²) in [5, 5.41) is 3.52. The standard InChI is InChI=1S/C28H26O6/c1-5-33-27(29)19-7-11-21-17(15-19)9-13-23(31-3)25(21)26-22-12-8-20(28(30)34-6-2)16-18(22)10-14-24(26)32-4/h7-16H,5-6H2,1-4H3. The molecule has 0 atom stereocenters. The number of esters is 2. The molecule has 174 valence electrons. The van der Waals surface area contributed by atoms with Crippen LogP contribution in [0.4, 0.5) is 0 Å². The summed E-state index contributed by atoms with van der Waals surface area (Å²) in [5.74, 6) is 0.598. The average Bonchev–Trinajstić information content (AvgIpc) is 2.86. The predicted molar refractivity (Wildman–Crippen MR) is 132 cm³/mol. The van der Waals surface area contributed by atoms with E-state index < -0.39 is 0 Å². The van der Waals surface area contributed by atoms with Crippen molar-refractivity contribution in [3.8, 4) is 22.6 Å². The van der Waals surface area contributed by atoms with Gasteiger partial charge in [0.05, 0.1) is 38.6 Å². The molecule has 6 heteroatoms. The molecule has 0 aromatic heterocycles. The SMILES string of the molecule is CCOC(=O)c1ccc2c(-c3c(OC)ccc4cc(C(=O)OCC)ccc34)c(OC)ccc2c1. The quantitative estimate of drug-likeness (QED) is 0.315. The molecular weight excluding hydrogens is 432 g/mol. The molecule has 0 saturated heterocycles. The van der Waals surface area contributed by atoms with Crippen LogP contribution in [0.3, 0.4) is 0 Å². The molecule has 0 aliphatic carbocycles. The molecule has 34 heavy (non-hydrogen) atoms. The zero-order valence-corrected chi connectivity index (χ0v) is 19.6. The molecule has 0 N–H and O–H groups in total. The van der Waals surface area contributed by atoms with Crippen molar-refractivity contribution in [2.45, 2.75) is 13.8 Å². The Labute approximate surface area is 198 Å². The molecule has 0 saturated carbocycles. The van der Waals surface area contributed by atoms with E-state index in [1.165, 1.54) is 0 Å². The van der Waals surface area contributed by atoms with Gasteiger partial charge in [0.25, 0.3) is 0 Å². The third kappa shape index (κ3) is 4.15. The number of carbonyl (C=O) groups is 2. The molecule has 0 fully saturated rings. The van der Waals surface area contributed by atoms with Crippen LogP contribution in [0.25, 0.3) is 32.7 Å². The van der Waals surface area contributed by atoms with Crippen LogP contribution in [0.1, 0.15) is 34.6 Å². The van der Waals surface area contributed by atoms with Crippen LogP contribution in [-0.4, -0.2) is 39.4 Å². The minimum absolute atomic E-state index is 0.311. The van der Waals surface area contributed by atoms with Crippen molar-refractivity contribution in [1.29, 1.82) is 0 Å². The number of fused-ring (bicyclic) bond motifs is 2. The van der Waals surface area contributed by atoms with Crippen LogP contribution in [0.15, 0.2) is 60.7 Å². The molecule has 0 unspecified atom stereocenters. The van der Waals surface area contributed by atoms with Crippen molar-refractivity contribution in [3.05, 3.63) is 71.8 Å². The van der Waals surface area contributed by atoms with Crippen molar-refractivity contribution in [2.75, 3.05) is 27.4 Å². The van der Waals surface area contributed by atoms with E-state index in [-0.39, 0.29) is 11.9 Å². The summed E-state index contributed by atoms with van der Waals surface area (Å²) in [7, 11) is 3.24. The third-order valence-corrected chi connectivity index (χ3v) is 5.68. The summed E-state index contributed by atoms with van der Waals surface area (Å²) in [4.78, 5) is 24.5. The van der Waals surface area contributed by atoms with E-state index in [9.17, 15) is 9.59 Å². The lowest BCUT2D eigenvalue weighted by Crippen LogP contribution is -2.05. The summed E-state index contributed by atoms with van der Waals surface area (Å²) in [5.41, 5.74) is 2.63. The van der Waals surface area contributed by atoms with Crippen LogP contribution in [-0.2, 0) is 9.47 Å². The Morgan fingerprint density at radius 2 is 1.03 bits per heavy atom. The van der Waals surface area contributed by atoms with Gasteiger partial charge in [0, 0.05) is 11.1 Å². The van der Waals surface area contributed by atoms with E-state index in [2.05, 4.69) is 0 Å². The fourth-order valence-electron chi connectivity index (χ4n) is 4.16. The molecule has 4 rings (SSSR count). The van der Waals surface area contributed by atoms with Gasteiger partial charge in [0.2, 0.25) is 0 Å². The number of ether oxygens (including phenoxy) is 4. The lowest BCUT2D eigenvalue weighted by Gasteiger charge is -2.18. The van der Waals surface area contributed by atoms with Gasteiger partial charge in [-0.25, -0.2) is 9.59 Å². The minimum atomic E-state index is -0.365. The fraction of sp³-hybridized carbons (Fsp3) is 0.214. The van der Waals surface area contributed by atoms with Crippen molar-refractivity contribution in [3.63, 3.8) is 0 Å². The van der Waals surface area contributed by atoms with Crippen LogP contribution in [0, 0.1) is 0 Å². The smallest absolute Gasteiger partial charge is 0.338 e. The first kappa shape index (κ1) is 23.1. The number of carbonyl (C=O) groups excluding carboxylic acids is 2. The number of hydrogen-bond donors (Lipinski definition) is 0. The molecule has 0 heterocycles. The monoisotopic (exact) mass is 458 g/mol. The second-order valence-corrected chi connectivity index (χ2v) is 7.60. The van der Waals surface area contributed by atoms with E-state index in [1.807, 2.05) is 48.5 Å².